The highest BCUT2D eigenvalue weighted by atomic mass is 19.4. The third-order valence-electron chi connectivity index (χ3n) is 1.80. The van der Waals surface area contributed by atoms with Crippen LogP contribution < -0.4 is 0 Å². The van der Waals surface area contributed by atoms with Gasteiger partial charge in [0, 0.05) is 12.7 Å². The van der Waals surface area contributed by atoms with Crippen LogP contribution in [0.2, 0.25) is 0 Å². The number of halogens is 7. The van der Waals surface area contributed by atoms with E-state index in [2.05, 4.69) is 4.74 Å². The Balaban J connectivity index is 5.19. The van der Waals surface area contributed by atoms with Gasteiger partial charge in [0.15, 0.2) is 0 Å². The Morgan fingerprint density at radius 3 is 1.81 bits per heavy atom. The van der Waals surface area contributed by atoms with E-state index in [1.165, 1.54) is 0 Å². The van der Waals surface area contributed by atoms with Gasteiger partial charge < -0.3 is 4.74 Å². The Kier molecular flexibility index (Phi) is 4.38. The monoisotopic (exact) mass is 254 g/mol. The molecule has 0 radical (unpaired) electrons. The van der Waals surface area contributed by atoms with E-state index in [9.17, 15) is 30.7 Å². The number of ether oxygens (including phenoxy) is 1. The standard InChI is InChI=1S/C8H9F7O/c1-5(3-4-16-2)6(9,10)7(11,12)8(13,14)15/h3H,4H2,1-2H3. The highest BCUT2D eigenvalue weighted by Gasteiger charge is 2.73. The van der Waals surface area contributed by atoms with Crippen molar-refractivity contribution in [2.75, 3.05) is 13.7 Å². The summed E-state index contributed by atoms with van der Waals surface area (Å²) in [5, 5.41) is 0. The van der Waals surface area contributed by atoms with Crippen LogP contribution in [-0.4, -0.2) is 31.7 Å². The molecule has 0 aromatic carbocycles. The highest BCUT2D eigenvalue weighted by molar-refractivity contribution is 5.16. The molecule has 0 aliphatic heterocycles. The minimum Gasteiger partial charge on any atom is -0.381 e. The molecule has 0 bridgehead atoms. The van der Waals surface area contributed by atoms with E-state index in [1.54, 1.807) is 0 Å². The first-order valence-corrected chi connectivity index (χ1v) is 3.97. The molecule has 16 heavy (non-hydrogen) atoms. The average Bonchev–Trinajstić information content (AvgIpc) is 2.11. The molecule has 96 valence electrons. The molecule has 0 amide bonds. The topological polar surface area (TPSA) is 9.23 Å². The van der Waals surface area contributed by atoms with E-state index >= 15 is 0 Å². The third-order valence-corrected chi connectivity index (χ3v) is 1.80. The summed E-state index contributed by atoms with van der Waals surface area (Å²) in [6, 6.07) is 0. The van der Waals surface area contributed by atoms with Gasteiger partial charge in [0.25, 0.3) is 0 Å². The molecule has 0 saturated carbocycles. The first kappa shape index (κ1) is 15.2. The Labute approximate surface area is 86.9 Å². The van der Waals surface area contributed by atoms with Gasteiger partial charge in [-0.1, -0.05) is 6.08 Å². The third kappa shape index (κ3) is 2.66. The van der Waals surface area contributed by atoms with E-state index < -0.39 is 30.2 Å². The van der Waals surface area contributed by atoms with Crippen molar-refractivity contribution in [1.29, 1.82) is 0 Å². The van der Waals surface area contributed by atoms with Crippen LogP contribution in [0.25, 0.3) is 0 Å². The maximum Gasteiger partial charge on any atom is 0.460 e. The van der Waals surface area contributed by atoms with Crippen LogP contribution in [0, 0.1) is 0 Å². The zero-order valence-electron chi connectivity index (χ0n) is 8.34. The summed E-state index contributed by atoms with van der Waals surface area (Å²) < 4.78 is 89.9. The molecule has 0 saturated heterocycles. The van der Waals surface area contributed by atoms with Crippen molar-refractivity contribution in [3.05, 3.63) is 11.6 Å². The molecule has 0 N–H and O–H groups in total. The largest absolute Gasteiger partial charge is 0.460 e. The smallest absolute Gasteiger partial charge is 0.381 e. The summed E-state index contributed by atoms with van der Waals surface area (Å²) >= 11 is 0. The molecule has 0 atom stereocenters. The van der Waals surface area contributed by atoms with Crippen LogP contribution in [0.3, 0.4) is 0 Å². The lowest BCUT2D eigenvalue weighted by Crippen LogP contribution is -2.52. The molecule has 0 aliphatic rings. The fraction of sp³-hybridized carbons (Fsp3) is 0.750. The van der Waals surface area contributed by atoms with Gasteiger partial charge in [0.1, 0.15) is 0 Å². The van der Waals surface area contributed by atoms with Crippen molar-refractivity contribution in [3.63, 3.8) is 0 Å². The van der Waals surface area contributed by atoms with Crippen molar-refractivity contribution < 1.29 is 35.5 Å². The molecule has 0 rings (SSSR count). The zero-order valence-corrected chi connectivity index (χ0v) is 8.34. The van der Waals surface area contributed by atoms with Crippen molar-refractivity contribution in [1.82, 2.24) is 0 Å². The quantitative estimate of drug-likeness (QED) is 0.551. The second-order valence-electron chi connectivity index (χ2n) is 2.99. The van der Waals surface area contributed by atoms with Gasteiger partial charge in [0.05, 0.1) is 6.61 Å². The first-order valence-electron chi connectivity index (χ1n) is 3.97. The van der Waals surface area contributed by atoms with Gasteiger partial charge in [-0.05, 0) is 6.92 Å². The molecule has 0 aliphatic carbocycles. The molecule has 1 nitrogen and oxygen atoms in total. The number of alkyl halides is 7. The van der Waals surface area contributed by atoms with Crippen LogP contribution in [0.1, 0.15) is 6.92 Å². The number of hydrogen-bond acceptors (Lipinski definition) is 1. The molecule has 8 heteroatoms. The van der Waals surface area contributed by atoms with Crippen LogP contribution in [0.15, 0.2) is 11.6 Å². The summed E-state index contributed by atoms with van der Waals surface area (Å²) in [4.78, 5) is 0. The predicted octanol–water partition coefficient (Wildman–Crippen LogP) is 3.41. The van der Waals surface area contributed by atoms with Gasteiger partial charge in [-0.3, -0.25) is 0 Å². The molecule has 0 fully saturated rings. The maximum absolute atomic E-state index is 12.8. The van der Waals surface area contributed by atoms with Gasteiger partial charge in [-0.2, -0.15) is 30.7 Å². The van der Waals surface area contributed by atoms with Crippen LogP contribution in [0.5, 0.6) is 0 Å². The minimum absolute atomic E-state index is 0.472. The van der Waals surface area contributed by atoms with E-state index in [0.717, 1.165) is 7.11 Å². The lowest BCUT2D eigenvalue weighted by molar-refractivity contribution is -0.344. The Morgan fingerprint density at radius 2 is 1.50 bits per heavy atom. The van der Waals surface area contributed by atoms with E-state index in [-0.39, 0.29) is 0 Å². The second kappa shape index (κ2) is 4.60. The normalized spacial score (nSPS) is 15.4. The van der Waals surface area contributed by atoms with Crippen molar-refractivity contribution in [2.45, 2.75) is 24.9 Å². The van der Waals surface area contributed by atoms with Gasteiger partial charge in [-0.25, -0.2) is 0 Å². The lowest BCUT2D eigenvalue weighted by Gasteiger charge is -2.28. The highest BCUT2D eigenvalue weighted by Crippen LogP contribution is 2.49. The molecule has 0 unspecified atom stereocenters. The van der Waals surface area contributed by atoms with Crippen LogP contribution in [-0.2, 0) is 4.74 Å². The fourth-order valence-electron chi connectivity index (χ4n) is 0.762. The fourth-order valence-corrected chi connectivity index (χ4v) is 0.762. The number of hydrogen-bond donors (Lipinski definition) is 0. The summed E-state index contributed by atoms with van der Waals surface area (Å²) in [5.41, 5.74) is -1.39. The molecule has 0 spiro atoms. The summed E-state index contributed by atoms with van der Waals surface area (Å²) in [7, 11) is 1.09. The van der Waals surface area contributed by atoms with Crippen molar-refractivity contribution in [2.24, 2.45) is 0 Å². The van der Waals surface area contributed by atoms with Crippen molar-refractivity contribution >= 4 is 0 Å². The molecule has 0 aromatic rings. The van der Waals surface area contributed by atoms with Gasteiger partial charge in [-0.15, -0.1) is 0 Å². The first-order chi connectivity index (χ1) is 6.98. The molecule has 0 aromatic heterocycles. The maximum atomic E-state index is 12.8. The van der Waals surface area contributed by atoms with E-state index in [0.29, 0.717) is 13.0 Å². The molecular weight excluding hydrogens is 245 g/mol. The Morgan fingerprint density at radius 1 is 1.06 bits per heavy atom. The number of methoxy groups -OCH3 is 1. The van der Waals surface area contributed by atoms with Gasteiger partial charge in [0.2, 0.25) is 0 Å². The van der Waals surface area contributed by atoms with E-state index in [4.69, 9.17) is 0 Å². The van der Waals surface area contributed by atoms with Crippen molar-refractivity contribution in [3.8, 4) is 0 Å². The lowest BCUT2D eigenvalue weighted by atomic mass is 10.0. The number of rotatable bonds is 4. The van der Waals surface area contributed by atoms with Crippen LogP contribution >= 0.6 is 0 Å². The predicted molar refractivity (Wildman–Crippen MR) is 41.6 cm³/mol. The summed E-state index contributed by atoms with van der Waals surface area (Å²) in [6.07, 6.45) is -5.83. The second-order valence-corrected chi connectivity index (χ2v) is 2.99. The Hall–Kier alpha value is -0.790. The zero-order chi connectivity index (χ0) is 13.2. The minimum atomic E-state index is -6.31. The van der Waals surface area contributed by atoms with Gasteiger partial charge >= 0.3 is 18.0 Å². The molecule has 0 heterocycles. The summed E-state index contributed by atoms with van der Waals surface area (Å²) in [5.74, 6) is -11.4. The van der Waals surface area contributed by atoms with E-state index in [1.807, 2.05) is 0 Å². The van der Waals surface area contributed by atoms with Crippen LogP contribution in [0.4, 0.5) is 30.7 Å². The Bertz CT molecular complexity index is 266. The molecular formula is C8H9F7O. The average molecular weight is 254 g/mol. The summed E-state index contributed by atoms with van der Waals surface area (Å²) in [6.45, 7) is 0.00797. The SMILES string of the molecule is COCC=C(C)C(F)(F)C(F)(F)C(F)(F)F. The number of allylic oxidation sites excluding steroid dienone is 1.